The Morgan fingerprint density at radius 2 is 2.24 bits per heavy atom. The quantitative estimate of drug-likeness (QED) is 0.817. The van der Waals surface area contributed by atoms with Crippen molar-refractivity contribution >= 4 is 0 Å². The van der Waals surface area contributed by atoms with E-state index in [0.717, 1.165) is 25.8 Å². The Morgan fingerprint density at radius 1 is 1.47 bits per heavy atom. The molecule has 1 aromatic rings. The van der Waals surface area contributed by atoms with Gasteiger partial charge in [-0.2, -0.15) is 4.98 Å². The Hall–Kier alpha value is -0.940. The van der Waals surface area contributed by atoms with Gasteiger partial charge in [-0.05, 0) is 19.3 Å². The molecule has 1 aromatic heterocycles. The molecule has 1 aliphatic carbocycles. The summed E-state index contributed by atoms with van der Waals surface area (Å²) in [6, 6.07) is 0.481. The predicted molar refractivity (Wildman–Crippen MR) is 63.7 cm³/mol. The molecule has 1 heterocycles. The molecule has 2 rings (SSSR count). The highest BCUT2D eigenvalue weighted by Gasteiger charge is 2.43. The number of nitrogens with one attached hydrogen (secondary N) is 1. The van der Waals surface area contributed by atoms with Gasteiger partial charge in [0.2, 0.25) is 11.7 Å². The molecular weight excluding hydrogens is 218 g/mol. The van der Waals surface area contributed by atoms with Gasteiger partial charge in [-0.3, -0.25) is 0 Å². The number of rotatable bonds is 6. The first-order chi connectivity index (χ1) is 8.16. The molecular formula is C12H21N3O2. The second kappa shape index (κ2) is 5.14. The molecule has 5 heteroatoms. The van der Waals surface area contributed by atoms with Gasteiger partial charge < -0.3 is 14.6 Å². The molecule has 0 aliphatic heterocycles. The first-order valence-electron chi connectivity index (χ1n) is 6.28. The number of methoxy groups -OCH3 is 1. The van der Waals surface area contributed by atoms with E-state index in [-0.39, 0.29) is 5.60 Å². The fourth-order valence-electron chi connectivity index (χ4n) is 2.03. The van der Waals surface area contributed by atoms with E-state index in [2.05, 4.69) is 29.3 Å². The zero-order chi connectivity index (χ0) is 12.3. The minimum absolute atomic E-state index is 0.271. The Kier molecular flexibility index (Phi) is 3.79. The lowest BCUT2D eigenvalue weighted by Crippen LogP contribution is -2.37. The van der Waals surface area contributed by atoms with Crippen LogP contribution in [0.5, 0.6) is 0 Å². The van der Waals surface area contributed by atoms with Gasteiger partial charge >= 0.3 is 0 Å². The van der Waals surface area contributed by atoms with Crippen LogP contribution in [0.2, 0.25) is 0 Å². The summed E-state index contributed by atoms with van der Waals surface area (Å²) in [5.41, 5.74) is -0.271. The molecule has 1 N–H and O–H groups in total. The third-order valence-electron chi connectivity index (χ3n) is 3.32. The number of aromatic nitrogens is 2. The molecule has 1 fully saturated rings. The van der Waals surface area contributed by atoms with E-state index in [4.69, 9.17) is 9.26 Å². The minimum atomic E-state index is -0.271. The molecule has 0 bridgehead atoms. The first kappa shape index (κ1) is 12.5. The van der Waals surface area contributed by atoms with E-state index in [0.29, 0.717) is 17.8 Å². The van der Waals surface area contributed by atoms with Gasteiger partial charge in [-0.25, -0.2) is 0 Å². The maximum Gasteiger partial charge on any atom is 0.228 e. The predicted octanol–water partition coefficient (Wildman–Crippen LogP) is 1.64. The van der Waals surface area contributed by atoms with E-state index in [1.54, 1.807) is 7.11 Å². The fraction of sp³-hybridized carbons (Fsp3) is 0.833. The van der Waals surface area contributed by atoms with E-state index in [1.165, 1.54) is 6.42 Å². The molecule has 96 valence electrons. The summed E-state index contributed by atoms with van der Waals surface area (Å²) in [4.78, 5) is 4.43. The largest absolute Gasteiger partial charge is 0.370 e. The minimum Gasteiger partial charge on any atom is -0.370 e. The average Bonchev–Trinajstić information content (AvgIpc) is 2.66. The van der Waals surface area contributed by atoms with Gasteiger partial charge in [0, 0.05) is 26.1 Å². The van der Waals surface area contributed by atoms with E-state index < -0.39 is 0 Å². The molecule has 0 atom stereocenters. The van der Waals surface area contributed by atoms with Gasteiger partial charge in [-0.15, -0.1) is 0 Å². The average molecular weight is 239 g/mol. The lowest BCUT2D eigenvalue weighted by molar-refractivity contribution is -0.0858. The number of ether oxygens (including phenoxy) is 1. The molecule has 0 radical (unpaired) electrons. The summed E-state index contributed by atoms with van der Waals surface area (Å²) >= 11 is 0. The third kappa shape index (κ3) is 2.66. The van der Waals surface area contributed by atoms with Crippen LogP contribution in [0.3, 0.4) is 0 Å². The standard InChI is InChI=1S/C12H21N3O2/c1-9(2)13-8-5-10-14-11(15-17-10)12(16-3)6-4-7-12/h9,13H,4-8H2,1-3H3. The van der Waals surface area contributed by atoms with Crippen LogP contribution < -0.4 is 5.32 Å². The van der Waals surface area contributed by atoms with E-state index >= 15 is 0 Å². The monoisotopic (exact) mass is 239 g/mol. The second-order valence-electron chi connectivity index (χ2n) is 4.92. The van der Waals surface area contributed by atoms with E-state index in [9.17, 15) is 0 Å². The highest BCUT2D eigenvalue weighted by molar-refractivity contribution is 5.06. The molecule has 0 amide bonds. The van der Waals surface area contributed by atoms with Crippen LogP contribution in [0.4, 0.5) is 0 Å². The Morgan fingerprint density at radius 3 is 2.76 bits per heavy atom. The van der Waals surface area contributed by atoms with Crippen LogP contribution in [0.25, 0.3) is 0 Å². The Bertz CT molecular complexity index is 353. The van der Waals surface area contributed by atoms with Crippen molar-refractivity contribution in [2.75, 3.05) is 13.7 Å². The summed E-state index contributed by atoms with van der Waals surface area (Å²) in [5.74, 6) is 1.40. The van der Waals surface area contributed by atoms with Crippen LogP contribution in [-0.4, -0.2) is 29.8 Å². The fourth-order valence-corrected chi connectivity index (χ4v) is 2.03. The van der Waals surface area contributed by atoms with Crippen molar-refractivity contribution in [2.24, 2.45) is 0 Å². The van der Waals surface area contributed by atoms with Gasteiger partial charge in [0.05, 0.1) is 0 Å². The van der Waals surface area contributed by atoms with Crippen molar-refractivity contribution in [1.29, 1.82) is 0 Å². The van der Waals surface area contributed by atoms with Gasteiger partial charge in [0.25, 0.3) is 0 Å². The molecule has 0 saturated heterocycles. The highest BCUT2D eigenvalue weighted by Crippen LogP contribution is 2.42. The van der Waals surface area contributed by atoms with Gasteiger partial charge in [-0.1, -0.05) is 19.0 Å². The maximum atomic E-state index is 5.52. The van der Waals surface area contributed by atoms with Crippen LogP contribution in [0, 0.1) is 0 Å². The smallest absolute Gasteiger partial charge is 0.228 e. The van der Waals surface area contributed by atoms with Crippen LogP contribution >= 0.6 is 0 Å². The SMILES string of the molecule is COC1(c2noc(CCNC(C)C)n2)CCC1. The van der Waals surface area contributed by atoms with Crippen molar-refractivity contribution in [3.8, 4) is 0 Å². The lowest BCUT2D eigenvalue weighted by Gasteiger charge is -2.37. The van der Waals surface area contributed by atoms with Crippen molar-refractivity contribution < 1.29 is 9.26 Å². The summed E-state index contributed by atoms with van der Waals surface area (Å²) in [6.45, 7) is 5.10. The normalized spacial score (nSPS) is 18.4. The number of hydrogen-bond acceptors (Lipinski definition) is 5. The van der Waals surface area contributed by atoms with Crippen molar-refractivity contribution in [3.05, 3.63) is 11.7 Å². The van der Waals surface area contributed by atoms with Gasteiger partial charge in [0.1, 0.15) is 5.60 Å². The van der Waals surface area contributed by atoms with Crippen LogP contribution in [0.1, 0.15) is 44.8 Å². The molecule has 1 aliphatic rings. The molecule has 0 aromatic carbocycles. The zero-order valence-corrected chi connectivity index (χ0v) is 10.8. The van der Waals surface area contributed by atoms with Crippen molar-refractivity contribution in [1.82, 2.24) is 15.5 Å². The second-order valence-corrected chi connectivity index (χ2v) is 4.92. The molecule has 0 unspecified atom stereocenters. The highest BCUT2D eigenvalue weighted by atomic mass is 16.5. The summed E-state index contributed by atoms with van der Waals surface area (Å²) in [5, 5.41) is 7.36. The van der Waals surface area contributed by atoms with Crippen molar-refractivity contribution in [3.63, 3.8) is 0 Å². The van der Waals surface area contributed by atoms with Crippen LogP contribution in [0.15, 0.2) is 4.52 Å². The maximum absolute atomic E-state index is 5.52. The molecule has 5 nitrogen and oxygen atoms in total. The number of nitrogens with zero attached hydrogens (tertiary/aromatic N) is 2. The van der Waals surface area contributed by atoms with Crippen LogP contribution in [-0.2, 0) is 16.8 Å². The van der Waals surface area contributed by atoms with Crippen molar-refractivity contribution in [2.45, 2.75) is 51.2 Å². The first-order valence-corrected chi connectivity index (χ1v) is 6.28. The topological polar surface area (TPSA) is 60.2 Å². The Labute approximate surface area is 102 Å². The summed E-state index contributed by atoms with van der Waals surface area (Å²) < 4.78 is 10.8. The molecule has 17 heavy (non-hydrogen) atoms. The van der Waals surface area contributed by atoms with Gasteiger partial charge in [0.15, 0.2) is 0 Å². The van der Waals surface area contributed by atoms with E-state index in [1.807, 2.05) is 0 Å². The number of hydrogen-bond donors (Lipinski definition) is 1. The molecule has 0 spiro atoms. The lowest BCUT2D eigenvalue weighted by atomic mass is 9.79. The Balaban J connectivity index is 1.91. The summed E-state index contributed by atoms with van der Waals surface area (Å²) in [6.07, 6.45) is 3.93. The zero-order valence-electron chi connectivity index (χ0n) is 10.8. The molecule has 1 saturated carbocycles. The summed E-state index contributed by atoms with van der Waals surface area (Å²) in [7, 11) is 1.72. The third-order valence-corrected chi connectivity index (χ3v) is 3.32.